The second-order valence-corrected chi connectivity index (χ2v) is 6.26. The van der Waals surface area contributed by atoms with Crippen LogP contribution in [0.1, 0.15) is 10.4 Å². The Morgan fingerprint density at radius 1 is 0.952 bits per heavy atom. The maximum atomic E-state index is 12.4. The van der Waals surface area contributed by atoms with Crippen LogP contribution in [0.15, 0.2) is 70.5 Å². The maximum absolute atomic E-state index is 12.4. The van der Waals surface area contributed by atoms with E-state index in [-0.39, 0.29) is 5.91 Å². The van der Waals surface area contributed by atoms with Gasteiger partial charge in [-0.3, -0.25) is 4.79 Å². The average molecular weight is 358 g/mol. The van der Waals surface area contributed by atoms with Gasteiger partial charge in [0.1, 0.15) is 0 Å². The highest BCUT2D eigenvalue weighted by atomic mass is 79.9. The van der Waals surface area contributed by atoms with E-state index in [0.717, 1.165) is 20.6 Å². The first-order valence-electron chi connectivity index (χ1n) is 6.44. The van der Waals surface area contributed by atoms with Crippen LogP contribution in [0.25, 0.3) is 10.4 Å². The Kier molecular flexibility index (Phi) is 4.18. The molecule has 0 saturated carbocycles. The molecule has 2 nitrogen and oxygen atoms in total. The predicted molar refractivity (Wildman–Crippen MR) is 91.9 cm³/mol. The fraction of sp³-hybridized carbons (Fsp3) is 0. The van der Waals surface area contributed by atoms with Crippen molar-refractivity contribution in [2.24, 2.45) is 0 Å². The van der Waals surface area contributed by atoms with E-state index in [9.17, 15) is 4.79 Å². The van der Waals surface area contributed by atoms with E-state index in [1.165, 1.54) is 0 Å². The number of hydrogen-bond acceptors (Lipinski definition) is 2. The molecule has 0 aliphatic rings. The summed E-state index contributed by atoms with van der Waals surface area (Å²) in [5, 5.41) is 5.02. The molecule has 0 fully saturated rings. The van der Waals surface area contributed by atoms with Crippen molar-refractivity contribution in [2.45, 2.75) is 0 Å². The lowest BCUT2D eigenvalue weighted by Gasteiger charge is -2.10. The van der Waals surface area contributed by atoms with Gasteiger partial charge in [0.2, 0.25) is 0 Å². The number of rotatable bonds is 3. The van der Waals surface area contributed by atoms with Gasteiger partial charge in [-0.1, -0.05) is 36.4 Å². The smallest absolute Gasteiger partial charge is 0.256 e. The van der Waals surface area contributed by atoms with E-state index >= 15 is 0 Å². The maximum Gasteiger partial charge on any atom is 0.256 e. The Bertz CT molecular complexity index is 768. The predicted octanol–water partition coefficient (Wildman–Crippen LogP) is 5.43. The monoisotopic (exact) mass is 357 g/mol. The van der Waals surface area contributed by atoms with Crippen molar-refractivity contribution in [1.82, 2.24) is 0 Å². The highest BCUT2D eigenvalue weighted by Crippen LogP contribution is 2.31. The van der Waals surface area contributed by atoms with E-state index in [1.54, 1.807) is 17.4 Å². The van der Waals surface area contributed by atoms with Crippen LogP contribution >= 0.6 is 27.3 Å². The van der Waals surface area contributed by atoms with Crippen molar-refractivity contribution in [1.29, 1.82) is 0 Å². The number of carbonyl (C=O) groups excluding carboxylic acids is 1. The fourth-order valence-electron chi connectivity index (χ4n) is 2.07. The molecule has 0 aliphatic carbocycles. The number of hydrogen-bond donors (Lipinski definition) is 1. The average Bonchev–Trinajstić information content (AvgIpc) is 3.02. The fourth-order valence-corrected chi connectivity index (χ4v) is 3.30. The van der Waals surface area contributed by atoms with Gasteiger partial charge in [0.25, 0.3) is 5.91 Å². The summed E-state index contributed by atoms with van der Waals surface area (Å²) >= 11 is 5.06. The Balaban J connectivity index is 1.93. The van der Waals surface area contributed by atoms with E-state index in [2.05, 4.69) is 21.2 Å². The van der Waals surface area contributed by atoms with Crippen LogP contribution < -0.4 is 5.32 Å². The molecule has 1 amide bonds. The number of para-hydroxylation sites is 1. The van der Waals surface area contributed by atoms with Crippen LogP contribution in [0.4, 0.5) is 5.69 Å². The number of amides is 1. The Labute approximate surface area is 135 Å². The molecule has 3 aromatic rings. The SMILES string of the molecule is O=C(Nc1ccccc1-c1cccs1)c1ccccc1Br. The van der Waals surface area contributed by atoms with Crippen LogP contribution in [0, 0.1) is 0 Å². The minimum atomic E-state index is -0.119. The first-order chi connectivity index (χ1) is 10.3. The molecule has 104 valence electrons. The first-order valence-corrected chi connectivity index (χ1v) is 8.12. The number of nitrogens with one attached hydrogen (secondary N) is 1. The van der Waals surface area contributed by atoms with E-state index in [4.69, 9.17) is 0 Å². The van der Waals surface area contributed by atoms with Gasteiger partial charge in [-0.05, 0) is 45.6 Å². The number of halogens is 1. The third kappa shape index (κ3) is 3.06. The Morgan fingerprint density at radius 3 is 2.48 bits per heavy atom. The molecular formula is C17H12BrNOS. The third-order valence-electron chi connectivity index (χ3n) is 3.08. The molecule has 0 atom stereocenters. The second-order valence-electron chi connectivity index (χ2n) is 4.46. The van der Waals surface area contributed by atoms with E-state index in [1.807, 2.05) is 60.0 Å². The largest absolute Gasteiger partial charge is 0.321 e. The van der Waals surface area contributed by atoms with Crippen molar-refractivity contribution < 1.29 is 4.79 Å². The van der Waals surface area contributed by atoms with Crippen molar-refractivity contribution in [3.05, 3.63) is 76.1 Å². The Hall–Kier alpha value is -1.91. The van der Waals surface area contributed by atoms with Gasteiger partial charge in [0.05, 0.1) is 5.56 Å². The zero-order valence-corrected chi connectivity index (χ0v) is 13.4. The van der Waals surface area contributed by atoms with Gasteiger partial charge in [0, 0.05) is 20.6 Å². The van der Waals surface area contributed by atoms with Gasteiger partial charge in [-0.2, -0.15) is 0 Å². The minimum absolute atomic E-state index is 0.119. The molecule has 0 unspecified atom stereocenters. The molecule has 2 aromatic carbocycles. The zero-order valence-electron chi connectivity index (χ0n) is 11.0. The summed E-state index contributed by atoms with van der Waals surface area (Å²) in [7, 11) is 0. The summed E-state index contributed by atoms with van der Waals surface area (Å²) in [5.74, 6) is -0.119. The molecule has 0 aliphatic heterocycles. The summed E-state index contributed by atoms with van der Waals surface area (Å²) < 4.78 is 0.788. The highest BCUT2D eigenvalue weighted by Gasteiger charge is 2.12. The van der Waals surface area contributed by atoms with Crippen molar-refractivity contribution >= 4 is 38.9 Å². The quantitative estimate of drug-likeness (QED) is 0.665. The summed E-state index contributed by atoms with van der Waals surface area (Å²) in [6, 6.07) is 19.3. The molecule has 0 radical (unpaired) electrons. The lowest BCUT2D eigenvalue weighted by Crippen LogP contribution is -2.13. The first kappa shape index (κ1) is 14.0. The molecule has 21 heavy (non-hydrogen) atoms. The van der Waals surface area contributed by atoms with Crippen molar-refractivity contribution in [3.63, 3.8) is 0 Å². The summed E-state index contributed by atoms with van der Waals surface area (Å²) in [5.41, 5.74) is 2.48. The standard InChI is InChI=1S/C17H12BrNOS/c18-14-8-3-1-6-12(14)17(20)19-15-9-4-2-7-13(15)16-10-5-11-21-16/h1-11H,(H,19,20). The van der Waals surface area contributed by atoms with Gasteiger partial charge < -0.3 is 5.32 Å². The van der Waals surface area contributed by atoms with Crippen molar-refractivity contribution in [3.8, 4) is 10.4 Å². The van der Waals surface area contributed by atoms with Crippen LogP contribution in [-0.4, -0.2) is 5.91 Å². The van der Waals surface area contributed by atoms with Crippen LogP contribution in [0.3, 0.4) is 0 Å². The van der Waals surface area contributed by atoms with Gasteiger partial charge in [-0.25, -0.2) is 0 Å². The lowest BCUT2D eigenvalue weighted by atomic mass is 10.1. The van der Waals surface area contributed by atoms with E-state index < -0.39 is 0 Å². The third-order valence-corrected chi connectivity index (χ3v) is 4.68. The zero-order chi connectivity index (χ0) is 14.7. The number of carbonyl (C=O) groups is 1. The molecule has 3 rings (SSSR count). The molecule has 1 N–H and O–H groups in total. The minimum Gasteiger partial charge on any atom is -0.321 e. The summed E-state index contributed by atoms with van der Waals surface area (Å²) in [6.07, 6.45) is 0. The summed E-state index contributed by atoms with van der Waals surface area (Å²) in [6.45, 7) is 0. The van der Waals surface area contributed by atoms with Gasteiger partial charge >= 0.3 is 0 Å². The number of thiophene rings is 1. The lowest BCUT2D eigenvalue weighted by molar-refractivity contribution is 0.102. The van der Waals surface area contributed by atoms with Gasteiger partial charge in [0.15, 0.2) is 0 Å². The van der Waals surface area contributed by atoms with Crippen LogP contribution in [0.5, 0.6) is 0 Å². The molecular weight excluding hydrogens is 346 g/mol. The molecule has 0 spiro atoms. The molecule has 0 saturated heterocycles. The topological polar surface area (TPSA) is 29.1 Å². The van der Waals surface area contributed by atoms with Gasteiger partial charge in [-0.15, -0.1) is 11.3 Å². The second kappa shape index (κ2) is 6.24. The van der Waals surface area contributed by atoms with E-state index in [0.29, 0.717) is 5.56 Å². The highest BCUT2D eigenvalue weighted by molar-refractivity contribution is 9.10. The molecule has 1 heterocycles. The molecule has 4 heteroatoms. The van der Waals surface area contributed by atoms with Crippen LogP contribution in [0.2, 0.25) is 0 Å². The normalized spacial score (nSPS) is 10.3. The summed E-state index contributed by atoms with van der Waals surface area (Å²) in [4.78, 5) is 13.6. The van der Waals surface area contributed by atoms with Crippen LogP contribution in [-0.2, 0) is 0 Å². The van der Waals surface area contributed by atoms with Crippen molar-refractivity contribution in [2.75, 3.05) is 5.32 Å². The number of benzene rings is 2. The molecule has 0 bridgehead atoms. The number of anilines is 1. The Morgan fingerprint density at radius 2 is 1.71 bits per heavy atom. The molecule has 1 aromatic heterocycles.